The number of nitrogens with one attached hydrogen (secondary N) is 1. The third kappa shape index (κ3) is 3.20. The quantitative estimate of drug-likeness (QED) is 0.865. The van der Waals surface area contributed by atoms with E-state index in [0.29, 0.717) is 12.1 Å². The fourth-order valence-electron chi connectivity index (χ4n) is 4.03. The normalized spacial score (nSPS) is 22.7. The highest BCUT2D eigenvalue weighted by atomic mass is 32.2. The van der Waals surface area contributed by atoms with E-state index in [1.807, 2.05) is 17.0 Å². The van der Waals surface area contributed by atoms with Crippen LogP contribution in [0.4, 0.5) is 0 Å². The molecular formula is C21H23N3O3S. The van der Waals surface area contributed by atoms with E-state index in [1.165, 1.54) is 11.1 Å². The zero-order valence-corrected chi connectivity index (χ0v) is 16.7. The number of nitrogens with zero attached hydrogens (tertiary/aromatic N) is 2. The van der Waals surface area contributed by atoms with E-state index in [2.05, 4.69) is 28.8 Å². The predicted molar refractivity (Wildman–Crippen MR) is 108 cm³/mol. The van der Waals surface area contributed by atoms with Crippen molar-refractivity contribution in [3.63, 3.8) is 0 Å². The van der Waals surface area contributed by atoms with Crippen LogP contribution in [-0.2, 0) is 14.8 Å². The maximum atomic E-state index is 13.1. The van der Waals surface area contributed by atoms with Crippen molar-refractivity contribution in [3.05, 3.63) is 65.2 Å². The first-order valence-electron chi connectivity index (χ1n) is 9.44. The van der Waals surface area contributed by atoms with Crippen molar-refractivity contribution in [2.75, 3.05) is 6.54 Å². The summed E-state index contributed by atoms with van der Waals surface area (Å²) in [4.78, 5) is 19.7. The van der Waals surface area contributed by atoms with Crippen LogP contribution in [0.25, 0.3) is 0 Å². The lowest BCUT2D eigenvalue weighted by Gasteiger charge is -2.28. The molecule has 2 aliphatic rings. The zero-order valence-electron chi connectivity index (χ0n) is 15.9. The van der Waals surface area contributed by atoms with Crippen LogP contribution in [0.15, 0.2) is 58.4 Å². The average molecular weight is 398 g/mol. The smallest absolute Gasteiger partial charge is 0.263 e. The molecule has 2 aromatic carbocycles. The minimum Gasteiger partial charge on any atom is -0.334 e. The van der Waals surface area contributed by atoms with Gasteiger partial charge in [0.2, 0.25) is 5.91 Å². The molecule has 6 nitrogen and oxygen atoms in total. The highest BCUT2D eigenvalue weighted by molar-refractivity contribution is 7.90. The summed E-state index contributed by atoms with van der Waals surface area (Å²) >= 11 is 0. The van der Waals surface area contributed by atoms with Gasteiger partial charge in [-0.05, 0) is 49.9 Å². The molecule has 2 atom stereocenters. The topological polar surface area (TPSA) is 78.8 Å². The van der Waals surface area contributed by atoms with Gasteiger partial charge in [0.1, 0.15) is 11.9 Å². The van der Waals surface area contributed by atoms with Gasteiger partial charge in [0.25, 0.3) is 10.0 Å². The molecule has 0 bridgehead atoms. The molecule has 2 heterocycles. The molecule has 0 aromatic heterocycles. The monoisotopic (exact) mass is 397 g/mol. The van der Waals surface area contributed by atoms with Gasteiger partial charge >= 0.3 is 0 Å². The molecule has 0 radical (unpaired) electrons. The molecule has 1 fully saturated rings. The van der Waals surface area contributed by atoms with Crippen LogP contribution in [0.2, 0.25) is 0 Å². The minimum atomic E-state index is -3.61. The number of carbonyl (C=O) groups excluding carboxylic acids is 1. The van der Waals surface area contributed by atoms with Gasteiger partial charge in [0.15, 0.2) is 0 Å². The standard InChI is InChI=1S/C21H23N3O3S/c1-14-8-3-4-9-16(14)18-11-7-13-24(18)21(25)15(2)22-20-17-10-5-6-12-19(17)28(26,27)23-20/h3-6,8-10,12,15,18H,7,11,13H2,1-2H3,(H,22,23)/t15-,18?/m0/s1. The fourth-order valence-corrected chi connectivity index (χ4v) is 5.27. The Kier molecular flexibility index (Phi) is 4.71. The highest BCUT2D eigenvalue weighted by Crippen LogP contribution is 2.34. The number of carbonyl (C=O) groups is 1. The first-order chi connectivity index (χ1) is 13.4. The molecule has 1 unspecified atom stereocenters. The van der Waals surface area contributed by atoms with Crippen molar-refractivity contribution in [2.45, 2.75) is 43.7 Å². The number of amides is 1. The van der Waals surface area contributed by atoms with Crippen LogP contribution in [-0.4, -0.2) is 37.6 Å². The number of benzene rings is 2. The lowest BCUT2D eigenvalue weighted by molar-refractivity contribution is -0.133. The largest absolute Gasteiger partial charge is 0.334 e. The Morgan fingerprint density at radius 1 is 1.18 bits per heavy atom. The van der Waals surface area contributed by atoms with Crippen molar-refractivity contribution >= 4 is 21.8 Å². The number of likely N-dealkylation sites (tertiary alicyclic amines) is 1. The summed E-state index contributed by atoms with van der Waals surface area (Å²) in [6.07, 6.45) is 1.87. The third-order valence-electron chi connectivity index (χ3n) is 5.43. The maximum absolute atomic E-state index is 13.1. The second-order valence-electron chi connectivity index (χ2n) is 7.30. The Morgan fingerprint density at radius 2 is 1.89 bits per heavy atom. The molecule has 4 rings (SSSR count). The second kappa shape index (κ2) is 7.05. The van der Waals surface area contributed by atoms with Crippen LogP contribution in [0.5, 0.6) is 0 Å². The number of aliphatic imine (C=N–C) groups is 1. The van der Waals surface area contributed by atoms with Gasteiger partial charge in [0.05, 0.1) is 10.9 Å². The van der Waals surface area contributed by atoms with Gasteiger partial charge < -0.3 is 4.90 Å². The van der Waals surface area contributed by atoms with Crippen LogP contribution in [0.1, 0.15) is 42.5 Å². The van der Waals surface area contributed by atoms with E-state index >= 15 is 0 Å². The van der Waals surface area contributed by atoms with Crippen molar-refractivity contribution in [1.29, 1.82) is 0 Å². The Balaban J connectivity index is 1.61. The summed E-state index contributed by atoms with van der Waals surface area (Å²) < 4.78 is 27.0. The van der Waals surface area contributed by atoms with E-state index in [9.17, 15) is 13.2 Å². The maximum Gasteiger partial charge on any atom is 0.263 e. The van der Waals surface area contributed by atoms with Crippen LogP contribution >= 0.6 is 0 Å². The Hall–Kier alpha value is -2.67. The van der Waals surface area contributed by atoms with E-state index in [0.717, 1.165) is 12.8 Å². The molecular weight excluding hydrogens is 374 g/mol. The molecule has 7 heteroatoms. The number of rotatable bonds is 3. The summed E-state index contributed by atoms with van der Waals surface area (Å²) in [7, 11) is -3.61. The van der Waals surface area contributed by atoms with E-state index < -0.39 is 16.1 Å². The molecule has 0 saturated carbocycles. The lowest BCUT2D eigenvalue weighted by atomic mass is 9.99. The molecule has 1 saturated heterocycles. The van der Waals surface area contributed by atoms with E-state index in [4.69, 9.17) is 0 Å². The van der Waals surface area contributed by atoms with E-state index in [-0.39, 0.29) is 22.7 Å². The molecule has 28 heavy (non-hydrogen) atoms. The Morgan fingerprint density at radius 3 is 2.68 bits per heavy atom. The van der Waals surface area contributed by atoms with Gasteiger partial charge in [-0.25, -0.2) is 8.42 Å². The van der Waals surface area contributed by atoms with Gasteiger partial charge in [-0.15, -0.1) is 0 Å². The Bertz CT molecular complexity index is 1060. The van der Waals surface area contributed by atoms with Crippen LogP contribution in [0, 0.1) is 6.92 Å². The molecule has 1 N–H and O–H groups in total. The average Bonchev–Trinajstić information content (AvgIpc) is 3.25. The predicted octanol–water partition coefficient (Wildman–Crippen LogP) is 2.79. The number of aryl methyl sites for hydroxylation is 1. The zero-order chi connectivity index (χ0) is 19.9. The van der Waals surface area contributed by atoms with E-state index in [1.54, 1.807) is 31.2 Å². The van der Waals surface area contributed by atoms with Crippen molar-refractivity contribution in [3.8, 4) is 0 Å². The summed E-state index contributed by atoms with van der Waals surface area (Å²) in [5.41, 5.74) is 2.85. The Labute approximate surface area is 165 Å². The minimum absolute atomic E-state index is 0.0453. The molecule has 0 spiro atoms. The van der Waals surface area contributed by atoms with Crippen LogP contribution in [0.3, 0.4) is 0 Å². The first-order valence-corrected chi connectivity index (χ1v) is 10.9. The summed E-state index contributed by atoms with van der Waals surface area (Å²) in [6, 6.07) is 14.2. The molecule has 1 amide bonds. The SMILES string of the molecule is Cc1ccccc1C1CCCN1C(=O)[C@H](C)N=C1NS(=O)(=O)c2ccccc21. The lowest BCUT2D eigenvalue weighted by Crippen LogP contribution is -2.38. The molecule has 0 aliphatic carbocycles. The van der Waals surface area contributed by atoms with Gasteiger partial charge in [-0.3, -0.25) is 14.5 Å². The van der Waals surface area contributed by atoms with Crippen LogP contribution < -0.4 is 4.72 Å². The summed E-state index contributed by atoms with van der Waals surface area (Å²) in [5, 5.41) is 0. The fraction of sp³-hybridized carbons (Fsp3) is 0.333. The summed E-state index contributed by atoms with van der Waals surface area (Å²) in [6.45, 7) is 4.47. The second-order valence-corrected chi connectivity index (χ2v) is 8.95. The number of hydrogen-bond donors (Lipinski definition) is 1. The first kappa shape index (κ1) is 18.7. The molecule has 2 aromatic rings. The highest BCUT2D eigenvalue weighted by Gasteiger charge is 2.35. The summed E-state index contributed by atoms with van der Waals surface area (Å²) in [5.74, 6) is 0.157. The van der Waals surface area contributed by atoms with Crippen molar-refractivity contribution in [1.82, 2.24) is 9.62 Å². The third-order valence-corrected chi connectivity index (χ3v) is 6.82. The number of hydrogen-bond acceptors (Lipinski definition) is 4. The van der Waals surface area contributed by atoms with Crippen molar-refractivity contribution in [2.24, 2.45) is 4.99 Å². The number of amidine groups is 1. The van der Waals surface area contributed by atoms with Gasteiger partial charge in [-0.1, -0.05) is 36.4 Å². The number of sulfonamides is 1. The molecule has 2 aliphatic heterocycles. The van der Waals surface area contributed by atoms with Crippen molar-refractivity contribution < 1.29 is 13.2 Å². The number of fused-ring (bicyclic) bond motifs is 1. The van der Waals surface area contributed by atoms with Gasteiger partial charge in [0, 0.05) is 12.1 Å². The molecule has 146 valence electrons. The van der Waals surface area contributed by atoms with Gasteiger partial charge in [-0.2, -0.15) is 0 Å².